The van der Waals surface area contributed by atoms with Gasteiger partial charge in [0.1, 0.15) is 23.0 Å². The number of Topliss-reactive ketones (excluding diaryl/α,β-unsaturated/α-hetero) is 1. The molecule has 0 aliphatic rings. The SMILES string of the molecule is C=C(C)C(=O)Cc1ccc(OC(=O)NCCOCC(COCCCC(=O)Oc2ccc(NC(=O)C(=C)C)cc2)(COCCNC(=O)Oc2ccc(NC(=O)C(=C)C)cc2)COCCNC(=O)Oc2ccc(NC(=O)C(=C)C)cc2)cc1. The van der Waals surface area contributed by atoms with Crippen molar-refractivity contribution in [3.05, 3.63) is 151 Å². The molecule has 22 heteroatoms. The molecule has 0 heterocycles. The Balaban J connectivity index is 1.39. The largest absolute Gasteiger partial charge is 0.427 e. The Morgan fingerprint density at radius 1 is 0.407 bits per heavy atom. The molecule has 0 aliphatic carbocycles. The lowest BCUT2D eigenvalue weighted by atomic mass is 9.92. The average Bonchev–Trinajstić information content (AvgIpc) is 3.42. The van der Waals surface area contributed by atoms with E-state index in [1.54, 1.807) is 100 Å². The van der Waals surface area contributed by atoms with Crippen LogP contribution in [-0.2, 0) is 49.3 Å². The molecule has 0 radical (unpaired) electrons. The van der Waals surface area contributed by atoms with Gasteiger partial charge < -0.3 is 69.8 Å². The number of ketones is 1. The molecule has 0 fully saturated rings. The van der Waals surface area contributed by atoms with Gasteiger partial charge in [0.25, 0.3) is 17.7 Å². The molecule has 0 aromatic heterocycles. The molecule has 81 heavy (non-hydrogen) atoms. The van der Waals surface area contributed by atoms with Crippen molar-refractivity contribution in [2.45, 2.75) is 47.0 Å². The fourth-order valence-electron chi connectivity index (χ4n) is 6.55. The van der Waals surface area contributed by atoms with E-state index in [4.69, 9.17) is 37.9 Å². The predicted molar refractivity (Wildman–Crippen MR) is 302 cm³/mol. The number of esters is 1. The molecule has 4 aromatic rings. The third-order valence-corrected chi connectivity index (χ3v) is 11.0. The lowest BCUT2D eigenvalue weighted by Crippen LogP contribution is -2.43. The van der Waals surface area contributed by atoms with Crippen LogP contribution < -0.4 is 50.8 Å². The fourth-order valence-corrected chi connectivity index (χ4v) is 6.55. The Morgan fingerprint density at radius 2 is 0.716 bits per heavy atom. The third kappa shape index (κ3) is 25.6. The minimum atomic E-state index is -1.07. The molecule has 0 bridgehead atoms. The lowest BCUT2D eigenvalue weighted by Gasteiger charge is -2.33. The Morgan fingerprint density at radius 3 is 1.04 bits per heavy atom. The lowest BCUT2D eigenvalue weighted by molar-refractivity contribution is -0.135. The Kier molecular flexibility index (Phi) is 27.2. The zero-order chi connectivity index (χ0) is 59.2. The average molecular weight is 1120 g/mol. The maximum absolute atomic E-state index is 12.8. The van der Waals surface area contributed by atoms with Crippen molar-refractivity contribution in [1.82, 2.24) is 16.0 Å². The van der Waals surface area contributed by atoms with Crippen LogP contribution in [-0.4, -0.2) is 120 Å². The summed E-state index contributed by atoms with van der Waals surface area (Å²) in [5.74, 6) is -0.723. The number of allylic oxidation sites excluding steroid dienone is 1. The minimum Gasteiger partial charge on any atom is -0.427 e. The predicted octanol–water partition coefficient (Wildman–Crippen LogP) is 8.02. The van der Waals surface area contributed by atoms with E-state index in [1.165, 1.54) is 24.3 Å². The van der Waals surface area contributed by atoms with Crippen LogP contribution in [0.1, 0.15) is 46.1 Å². The quantitative estimate of drug-likeness (QED) is 0.0112. The maximum Gasteiger partial charge on any atom is 0.412 e. The molecule has 0 atom stereocenters. The number of nitrogens with one attached hydrogen (secondary N) is 6. The van der Waals surface area contributed by atoms with Gasteiger partial charge in [-0.2, -0.15) is 0 Å². The van der Waals surface area contributed by atoms with E-state index >= 15 is 0 Å². The van der Waals surface area contributed by atoms with E-state index in [-0.39, 0.29) is 138 Å². The smallest absolute Gasteiger partial charge is 0.412 e. The van der Waals surface area contributed by atoms with Gasteiger partial charge in [-0.1, -0.05) is 38.4 Å². The Labute approximate surface area is 470 Å². The fraction of sp³-hybridized carbons (Fsp3) is 0.322. The first-order valence-corrected chi connectivity index (χ1v) is 25.6. The van der Waals surface area contributed by atoms with Gasteiger partial charge in [0.2, 0.25) is 0 Å². The van der Waals surface area contributed by atoms with E-state index in [0.717, 1.165) is 5.56 Å². The molecule has 4 rings (SSSR count). The van der Waals surface area contributed by atoms with Crippen LogP contribution in [0.25, 0.3) is 0 Å². The van der Waals surface area contributed by atoms with Crippen molar-refractivity contribution in [2.24, 2.45) is 5.41 Å². The molecule has 0 unspecified atom stereocenters. The summed E-state index contributed by atoms with van der Waals surface area (Å²) in [6, 6.07) is 25.1. The molecular weight excluding hydrogens is 1050 g/mol. The molecule has 432 valence electrons. The highest BCUT2D eigenvalue weighted by molar-refractivity contribution is 6.04. The van der Waals surface area contributed by atoms with Crippen LogP contribution in [0.5, 0.6) is 23.0 Å². The number of hydrogen-bond donors (Lipinski definition) is 6. The molecule has 22 nitrogen and oxygen atoms in total. The number of anilines is 3. The highest BCUT2D eigenvalue weighted by Gasteiger charge is 2.33. The van der Waals surface area contributed by atoms with E-state index < -0.39 is 29.7 Å². The molecular formula is C59H70N6O16. The number of carbonyl (C=O) groups excluding carboxylic acids is 8. The van der Waals surface area contributed by atoms with Crippen molar-refractivity contribution in [3.8, 4) is 23.0 Å². The van der Waals surface area contributed by atoms with Crippen LogP contribution in [0, 0.1) is 5.41 Å². The summed E-state index contributed by atoms with van der Waals surface area (Å²) in [4.78, 5) is 98.9. The Bertz CT molecular complexity index is 2450. The minimum absolute atomic E-state index is 0.00479. The first kappa shape index (κ1) is 64.6. The zero-order valence-electron chi connectivity index (χ0n) is 46.0. The van der Waals surface area contributed by atoms with Crippen LogP contribution in [0.3, 0.4) is 0 Å². The number of hydrogen-bond acceptors (Lipinski definition) is 16. The highest BCUT2D eigenvalue weighted by Crippen LogP contribution is 2.23. The first-order chi connectivity index (χ1) is 38.7. The van der Waals surface area contributed by atoms with Crippen LogP contribution >= 0.6 is 0 Å². The summed E-state index contributed by atoms with van der Waals surface area (Å²) in [7, 11) is 0. The van der Waals surface area contributed by atoms with Gasteiger partial charge in [0.05, 0.1) is 51.7 Å². The molecule has 0 saturated heterocycles. The second-order valence-corrected chi connectivity index (χ2v) is 18.5. The number of amides is 6. The topological polar surface area (TPSA) is 283 Å². The summed E-state index contributed by atoms with van der Waals surface area (Å²) in [5, 5.41) is 15.9. The summed E-state index contributed by atoms with van der Waals surface area (Å²) < 4.78 is 46.0. The second kappa shape index (κ2) is 34.1. The molecule has 0 spiro atoms. The first-order valence-electron chi connectivity index (χ1n) is 25.6. The standard InChI is InChI=1S/C59H70N6O16/c1-39(2)51(66)34-43-11-19-48(20-12-43)79-56(71)60-27-31-75-36-59(35-74-30-9-10-52(67)78-47-21-13-44(14-22-47)63-53(68)40(3)4,37-76-32-28-61-57(72)80-49-23-15-45(16-24-49)64-54(69)41(5)6)38-77-33-29-62-58(73)81-50-25-17-46(18-26-50)65-55(70)42(7)8/h11-26H,1,3,5,7,9-10,27-38H2,2,4,6,8H3,(H,60,71)(H,61,72)(H,62,73)(H,63,68)(H,64,69)(H,65,70). The van der Waals surface area contributed by atoms with Gasteiger partial charge in [-0.15, -0.1) is 0 Å². The van der Waals surface area contributed by atoms with Gasteiger partial charge in [0, 0.05) is 72.9 Å². The normalized spacial score (nSPS) is 10.7. The Hall–Kier alpha value is -8.96. The van der Waals surface area contributed by atoms with Crippen molar-refractivity contribution < 1.29 is 76.3 Å². The molecule has 0 saturated carbocycles. The molecule has 6 N–H and O–H groups in total. The summed E-state index contributed by atoms with van der Waals surface area (Å²) >= 11 is 0. The van der Waals surface area contributed by atoms with Crippen molar-refractivity contribution in [2.75, 3.05) is 88.4 Å². The van der Waals surface area contributed by atoms with Gasteiger partial charge in [-0.3, -0.25) is 24.0 Å². The monoisotopic (exact) mass is 1120 g/mol. The number of rotatable bonds is 34. The van der Waals surface area contributed by atoms with Crippen molar-refractivity contribution in [3.63, 3.8) is 0 Å². The van der Waals surface area contributed by atoms with Crippen LogP contribution in [0.4, 0.5) is 31.4 Å². The number of ether oxygens (including phenoxy) is 8. The van der Waals surface area contributed by atoms with E-state index in [2.05, 4.69) is 58.2 Å². The van der Waals surface area contributed by atoms with Crippen LogP contribution in [0.2, 0.25) is 0 Å². The van der Waals surface area contributed by atoms with Crippen LogP contribution in [0.15, 0.2) is 146 Å². The molecule has 6 amide bonds. The number of benzene rings is 4. The molecule has 4 aromatic carbocycles. The van der Waals surface area contributed by atoms with Gasteiger partial charge in [-0.25, -0.2) is 14.4 Å². The highest BCUT2D eigenvalue weighted by atomic mass is 16.6. The van der Waals surface area contributed by atoms with Crippen molar-refractivity contribution >= 4 is 64.8 Å². The zero-order valence-corrected chi connectivity index (χ0v) is 46.0. The van der Waals surface area contributed by atoms with E-state index in [9.17, 15) is 38.4 Å². The van der Waals surface area contributed by atoms with Gasteiger partial charge in [0.15, 0.2) is 5.78 Å². The summed E-state index contributed by atoms with van der Waals surface area (Å²) in [6.45, 7) is 20.8. The number of carbonyl (C=O) groups is 8. The third-order valence-electron chi connectivity index (χ3n) is 11.0. The van der Waals surface area contributed by atoms with Crippen molar-refractivity contribution in [1.29, 1.82) is 0 Å². The van der Waals surface area contributed by atoms with Gasteiger partial charge >= 0.3 is 24.2 Å². The summed E-state index contributed by atoms with van der Waals surface area (Å²) in [5.41, 5.74) is 2.55. The second-order valence-electron chi connectivity index (χ2n) is 18.5. The van der Waals surface area contributed by atoms with Gasteiger partial charge in [-0.05, 0) is 130 Å². The van der Waals surface area contributed by atoms with E-state index in [1.807, 2.05) is 0 Å². The maximum atomic E-state index is 12.8. The van der Waals surface area contributed by atoms with E-state index in [0.29, 0.717) is 39.4 Å². The summed E-state index contributed by atoms with van der Waals surface area (Å²) in [6.07, 6.45) is -1.89. The molecule has 0 aliphatic heterocycles.